The smallest absolute Gasteiger partial charge is 0.413 e. The highest BCUT2D eigenvalue weighted by Crippen LogP contribution is 2.40. The fourth-order valence-corrected chi connectivity index (χ4v) is 4.41. The molecule has 1 aliphatic heterocycles. The number of aromatic hydroxyl groups is 1. The van der Waals surface area contributed by atoms with Crippen LogP contribution in [0.4, 0.5) is 10.5 Å². The molecule has 0 bridgehead atoms. The van der Waals surface area contributed by atoms with E-state index in [2.05, 4.69) is 0 Å². The summed E-state index contributed by atoms with van der Waals surface area (Å²) in [5.74, 6) is 0.381. The second-order valence-electron chi connectivity index (χ2n) is 11.1. The Morgan fingerprint density at radius 2 is 1.63 bits per heavy atom. The topological polar surface area (TPSA) is 93.9 Å². The van der Waals surface area contributed by atoms with Crippen molar-refractivity contribution in [3.8, 4) is 5.75 Å². The quantitative estimate of drug-likeness (QED) is 0.544. The molecule has 2 aromatic carbocycles. The summed E-state index contributed by atoms with van der Waals surface area (Å²) in [5, 5.41) is 19.7. The van der Waals surface area contributed by atoms with Gasteiger partial charge in [0.15, 0.2) is 5.78 Å². The van der Waals surface area contributed by atoms with Crippen molar-refractivity contribution in [2.45, 2.75) is 65.8 Å². The van der Waals surface area contributed by atoms with Gasteiger partial charge in [0.05, 0.1) is 13.7 Å². The van der Waals surface area contributed by atoms with Crippen LogP contribution in [0, 0.1) is 5.41 Å². The van der Waals surface area contributed by atoms with Crippen LogP contribution in [0.1, 0.15) is 81.1 Å². The molecule has 0 saturated heterocycles. The summed E-state index contributed by atoms with van der Waals surface area (Å²) in [7, 11) is 1.34. The maximum Gasteiger partial charge on any atom is 0.413 e. The number of ketones is 1. The zero-order valence-electron chi connectivity index (χ0n) is 22.1. The Labute approximate surface area is 208 Å². The van der Waals surface area contributed by atoms with Crippen LogP contribution >= 0.6 is 0 Å². The number of carbonyl (C=O) groups is 2. The fraction of sp³-hybridized carbons (Fsp3) is 0.464. The maximum absolute atomic E-state index is 13.4. The highest BCUT2D eigenvalue weighted by molar-refractivity contribution is 6.06. The number of hydrogen-bond donors (Lipinski definition) is 2. The van der Waals surface area contributed by atoms with Crippen molar-refractivity contribution in [2.75, 3.05) is 25.1 Å². The van der Waals surface area contributed by atoms with E-state index in [0.29, 0.717) is 29.9 Å². The van der Waals surface area contributed by atoms with E-state index in [-0.39, 0.29) is 34.7 Å². The van der Waals surface area contributed by atoms with Gasteiger partial charge in [-0.3, -0.25) is 15.1 Å². The molecule has 35 heavy (non-hydrogen) atoms. The molecule has 0 fully saturated rings. The Morgan fingerprint density at radius 1 is 1.06 bits per heavy atom. The first-order chi connectivity index (χ1) is 16.2. The third-order valence-electron chi connectivity index (χ3n) is 6.43. The van der Waals surface area contributed by atoms with E-state index in [1.807, 2.05) is 60.6 Å². The number of ether oxygens (including phenoxy) is 1. The Balaban J connectivity index is 1.90. The molecule has 2 N–H and O–H groups in total. The summed E-state index contributed by atoms with van der Waals surface area (Å²) in [4.78, 5) is 28.8. The van der Waals surface area contributed by atoms with Crippen LogP contribution in [0.2, 0.25) is 0 Å². The average Bonchev–Trinajstić information content (AvgIpc) is 3.07. The van der Waals surface area contributed by atoms with Gasteiger partial charge in [-0.1, -0.05) is 47.6 Å². The van der Waals surface area contributed by atoms with E-state index in [1.54, 1.807) is 23.1 Å². The summed E-state index contributed by atoms with van der Waals surface area (Å²) >= 11 is 0. The molecule has 3 rings (SSSR count). The third kappa shape index (κ3) is 5.19. The van der Waals surface area contributed by atoms with Gasteiger partial charge in [-0.2, -0.15) is 0 Å². The normalized spacial score (nSPS) is 13.6. The van der Waals surface area contributed by atoms with Crippen LogP contribution in [0.5, 0.6) is 5.75 Å². The number of anilines is 1. The van der Waals surface area contributed by atoms with E-state index >= 15 is 0 Å². The van der Waals surface area contributed by atoms with Crippen LogP contribution in [0.3, 0.4) is 0 Å². The van der Waals surface area contributed by atoms with Gasteiger partial charge in [0.2, 0.25) is 0 Å². The van der Waals surface area contributed by atoms with Gasteiger partial charge in [0, 0.05) is 41.0 Å². The lowest BCUT2D eigenvalue weighted by molar-refractivity contribution is 0.0962. The number of hydrogen-bond acceptors (Lipinski definition) is 5. The minimum atomic E-state index is -0.458. The lowest BCUT2D eigenvalue weighted by atomic mass is 9.78. The van der Waals surface area contributed by atoms with Gasteiger partial charge in [-0.15, -0.1) is 0 Å². The van der Waals surface area contributed by atoms with Crippen LogP contribution in [0.15, 0.2) is 30.3 Å². The number of benzene rings is 2. The highest BCUT2D eigenvalue weighted by Gasteiger charge is 2.31. The van der Waals surface area contributed by atoms with Crippen molar-refractivity contribution in [3.05, 3.63) is 58.1 Å². The first-order valence-electron chi connectivity index (χ1n) is 11.9. The van der Waals surface area contributed by atoms with Gasteiger partial charge in [0.25, 0.3) is 0 Å². The predicted molar refractivity (Wildman–Crippen MR) is 139 cm³/mol. The molecule has 0 unspecified atom stereocenters. The van der Waals surface area contributed by atoms with Crippen molar-refractivity contribution >= 4 is 23.4 Å². The van der Waals surface area contributed by atoms with Crippen molar-refractivity contribution in [3.63, 3.8) is 0 Å². The minimum Gasteiger partial charge on any atom is -0.507 e. The second kappa shape index (κ2) is 9.36. The Morgan fingerprint density at radius 3 is 2.11 bits per heavy atom. The number of phenolic OH excluding ortho intramolecular Hbond substituents is 1. The summed E-state index contributed by atoms with van der Waals surface area (Å²) in [5.41, 5.74) is 3.62. The Bertz CT molecular complexity index is 1140. The zero-order valence-corrected chi connectivity index (χ0v) is 22.1. The van der Waals surface area contributed by atoms with Gasteiger partial charge < -0.3 is 14.7 Å². The molecule has 0 aliphatic carbocycles. The predicted octanol–water partition coefficient (Wildman–Crippen LogP) is 5.60. The number of carbonyl (C=O) groups excluding carboxylic acids is 2. The van der Waals surface area contributed by atoms with Crippen molar-refractivity contribution in [1.29, 1.82) is 5.41 Å². The molecule has 0 atom stereocenters. The SMILES string of the molecule is CCN(C(=O)OC)c1ccc2c(c1)C(=N)N(CC(=O)c1cc(C(C)(C)C)c(O)c(C(C)(C)C)c1)C2. The Hall–Kier alpha value is -3.35. The molecule has 1 aliphatic rings. The summed E-state index contributed by atoms with van der Waals surface area (Å²) in [6.45, 7) is 14.9. The van der Waals surface area contributed by atoms with Crippen LogP contribution in [-0.4, -0.2) is 47.9 Å². The summed E-state index contributed by atoms with van der Waals surface area (Å²) < 4.78 is 4.86. The van der Waals surface area contributed by atoms with E-state index in [0.717, 1.165) is 16.7 Å². The minimum absolute atomic E-state index is 0.0509. The number of fused-ring (bicyclic) bond motifs is 1. The van der Waals surface area contributed by atoms with E-state index < -0.39 is 6.09 Å². The van der Waals surface area contributed by atoms with Crippen LogP contribution in [0.25, 0.3) is 0 Å². The van der Waals surface area contributed by atoms with E-state index in [1.165, 1.54) is 12.0 Å². The van der Waals surface area contributed by atoms with Gasteiger partial charge >= 0.3 is 6.09 Å². The average molecular weight is 480 g/mol. The summed E-state index contributed by atoms with van der Waals surface area (Å²) in [6.07, 6.45) is -0.458. The van der Waals surface area contributed by atoms with Gasteiger partial charge in [0.1, 0.15) is 11.6 Å². The number of nitrogens with one attached hydrogen (secondary N) is 1. The molecule has 7 nitrogen and oxygen atoms in total. The van der Waals surface area contributed by atoms with Crippen molar-refractivity contribution in [2.24, 2.45) is 0 Å². The number of amides is 1. The van der Waals surface area contributed by atoms with Gasteiger partial charge in [-0.25, -0.2) is 4.79 Å². The van der Waals surface area contributed by atoms with Gasteiger partial charge in [-0.05, 0) is 47.6 Å². The lowest BCUT2D eigenvalue weighted by Gasteiger charge is -2.28. The molecule has 1 amide bonds. The van der Waals surface area contributed by atoms with E-state index in [9.17, 15) is 14.7 Å². The number of Topliss-reactive ketones (excluding diaryl/α,β-unsaturated/α-hetero) is 1. The Kier molecular flexibility index (Phi) is 7.02. The molecule has 2 aromatic rings. The lowest BCUT2D eigenvalue weighted by Crippen LogP contribution is -2.31. The van der Waals surface area contributed by atoms with Crippen molar-refractivity contribution < 1.29 is 19.4 Å². The first kappa shape index (κ1) is 26.3. The third-order valence-corrected chi connectivity index (χ3v) is 6.43. The van der Waals surface area contributed by atoms with E-state index in [4.69, 9.17) is 10.1 Å². The number of phenols is 1. The maximum atomic E-state index is 13.4. The molecule has 7 heteroatoms. The number of amidine groups is 1. The molecule has 0 aromatic heterocycles. The zero-order chi connectivity index (χ0) is 26.3. The number of methoxy groups -OCH3 is 1. The first-order valence-corrected chi connectivity index (χ1v) is 11.9. The molecule has 0 radical (unpaired) electrons. The highest BCUT2D eigenvalue weighted by atomic mass is 16.5. The van der Waals surface area contributed by atoms with Crippen LogP contribution < -0.4 is 4.90 Å². The monoisotopic (exact) mass is 479 g/mol. The molecular weight excluding hydrogens is 442 g/mol. The largest absolute Gasteiger partial charge is 0.507 e. The number of rotatable bonds is 5. The molecular formula is C28H37N3O4. The van der Waals surface area contributed by atoms with Crippen molar-refractivity contribution in [1.82, 2.24) is 4.90 Å². The second-order valence-corrected chi connectivity index (χ2v) is 11.1. The number of nitrogens with zero attached hydrogens (tertiary/aromatic N) is 2. The molecule has 1 heterocycles. The van der Waals surface area contributed by atoms with Crippen LogP contribution in [-0.2, 0) is 22.1 Å². The fourth-order valence-electron chi connectivity index (χ4n) is 4.41. The molecule has 188 valence electrons. The standard InChI is InChI=1S/C28H37N3O4/c1-9-31(26(34)35-8)19-11-10-17-15-30(25(29)20(17)14-19)16-23(32)18-12-21(27(2,3)4)24(33)22(13-18)28(5,6)7/h10-14,29,33H,9,15-16H2,1-8H3. The molecule has 0 saturated carbocycles. The summed E-state index contributed by atoms with van der Waals surface area (Å²) in [6, 6.07) is 9.10. The molecule has 0 spiro atoms.